The van der Waals surface area contributed by atoms with Crippen molar-refractivity contribution >= 4 is 5.78 Å². The van der Waals surface area contributed by atoms with Crippen molar-refractivity contribution in [3.8, 4) is 0 Å². The van der Waals surface area contributed by atoms with Crippen LogP contribution in [-0.4, -0.2) is 5.78 Å². The van der Waals surface area contributed by atoms with Gasteiger partial charge in [-0.15, -0.1) is 0 Å². The highest BCUT2D eigenvalue weighted by Crippen LogP contribution is 2.31. The Bertz CT molecular complexity index is 549. The summed E-state index contributed by atoms with van der Waals surface area (Å²) < 4.78 is 0. The highest BCUT2D eigenvalue weighted by molar-refractivity contribution is 5.83. The van der Waals surface area contributed by atoms with Crippen LogP contribution in [0.15, 0.2) is 46.6 Å². The van der Waals surface area contributed by atoms with Gasteiger partial charge in [-0.2, -0.15) is 0 Å². The van der Waals surface area contributed by atoms with Crippen molar-refractivity contribution in [1.82, 2.24) is 0 Å². The zero-order chi connectivity index (χ0) is 19.4. The number of hydrogen-bond acceptors (Lipinski definition) is 1. The maximum atomic E-state index is 11.7. The second kappa shape index (κ2) is 12.9. The lowest BCUT2D eigenvalue weighted by atomic mass is 10.0. The summed E-state index contributed by atoms with van der Waals surface area (Å²) in [5.74, 6) is 0.896. The first kappa shape index (κ1) is 22.7. The quantitative estimate of drug-likeness (QED) is 0.307. The fourth-order valence-electron chi connectivity index (χ4n) is 3.06. The van der Waals surface area contributed by atoms with E-state index in [1.807, 2.05) is 0 Å². The van der Waals surface area contributed by atoms with E-state index in [0.717, 1.165) is 51.4 Å². The van der Waals surface area contributed by atoms with E-state index in [2.05, 4.69) is 58.9 Å². The molecular weight excluding hydrogens is 316 g/mol. The molecule has 0 heterocycles. The summed E-state index contributed by atoms with van der Waals surface area (Å²) in [5.41, 5.74) is 5.84. The van der Waals surface area contributed by atoms with E-state index < -0.39 is 0 Å². The third-order valence-electron chi connectivity index (χ3n) is 5.07. The molecule has 0 saturated heterocycles. The third-order valence-corrected chi connectivity index (χ3v) is 5.07. The topological polar surface area (TPSA) is 17.1 Å². The molecule has 1 fully saturated rings. The van der Waals surface area contributed by atoms with Crippen molar-refractivity contribution in [2.45, 2.75) is 98.8 Å². The molecule has 0 atom stereocenters. The maximum absolute atomic E-state index is 11.7. The molecule has 146 valence electrons. The SMILES string of the molecule is CC(C)=CCCC(C)=CCCC(C)=CCCC(C)=CCCC(=O)C1CC1. The van der Waals surface area contributed by atoms with Crippen LogP contribution in [0.3, 0.4) is 0 Å². The summed E-state index contributed by atoms with van der Waals surface area (Å²) in [7, 11) is 0. The molecule has 1 aliphatic carbocycles. The van der Waals surface area contributed by atoms with Gasteiger partial charge < -0.3 is 0 Å². The van der Waals surface area contributed by atoms with E-state index in [-0.39, 0.29) is 0 Å². The van der Waals surface area contributed by atoms with Crippen molar-refractivity contribution in [1.29, 1.82) is 0 Å². The van der Waals surface area contributed by atoms with Crippen molar-refractivity contribution < 1.29 is 4.79 Å². The Morgan fingerprint density at radius 3 is 1.42 bits per heavy atom. The summed E-state index contributed by atoms with van der Waals surface area (Å²) in [5, 5.41) is 0. The van der Waals surface area contributed by atoms with Crippen molar-refractivity contribution in [2.75, 3.05) is 0 Å². The first-order valence-corrected chi connectivity index (χ1v) is 10.5. The van der Waals surface area contributed by atoms with E-state index in [1.54, 1.807) is 0 Å². The first-order chi connectivity index (χ1) is 12.4. The Morgan fingerprint density at radius 1 is 0.654 bits per heavy atom. The largest absolute Gasteiger partial charge is 0.299 e. The highest BCUT2D eigenvalue weighted by atomic mass is 16.1. The Morgan fingerprint density at radius 2 is 1.04 bits per heavy atom. The Balaban J connectivity index is 2.15. The van der Waals surface area contributed by atoms with Gasteiger partial charge in [0, 0.05) is 12.3 Å². The molecule has 1 rings (SSSR count). The zero-order valence-corrected chi connectivity index (χ0v) is 17.9. The fourth-order valence-corrected chi connectivity index (χ4v) is 3.06. The standard InChI is InChI=1S/C25H40O/c1-20(2)10-6-11-21(3)12-7-13-22(4)14-8-15-23(5)16-9-17-25(26)24-18-19-24/h10,12,14,16,24H,6-9,11,13,15,17-19H2,1-5H3. The minimum atomic E-state index is 0.416. The summed E-state index contributed by atoms with van der Waals surface area (Å²) in [6.07, 6.45) is 20.2. The molecule has 0 aromatic heterocycles. The number of carbonyl (C=O) groups is 1. The number of allylic oxidation sites excluding steroid dienone is 8. The monoisotopic (exact) mass is 356 g/mol. The molecule has 0 aliphatic heterocycles. The fraction of sp³-hybridized carbons (Fsp3) is 0.640. The molecular formula is C25H40O. The third kappa shape index (κ3) is 12.1. The average Bonchev–Trinajstić information content (AvgIpc) is 3.39. The molecule has 0 bridgehead atoms. The van der Waals surface area contributed by atoms with Crippen LogP contribution >= 0.6 is 0 Å². The Hall–Kier alpha value is -1.37. The average molecular weight is 357 g/mol. The first-order valence-electron chi connectivity index (χ1n) is 10.5. The molecule has 1 saturated carbocycles. The van der Waals surface area contributed by atoms with Crippen molar-refractivity contribution in [3.63, 3.8) is 0 Å². The van der Waals surface area contributed by atoms with Crippen LogP contribution in [0, 0.1) is 5.92 Å². The number of carbonyl (C=O) groups excluding carboxylic acids is 1. The van der Waals surface area contributed by atoms with Crippen LogP contribution in [0.5, 0.6) is 0 Å². The van der Waals surface area contributed by atoms with Gasteiger partial charge in [-0.1, -0.05) is 46.6 Å². The van der Waals surface area contributed by atoms with Gasteiger partial charge in [-0.25, -0.2) is 0 Å². The normalized spacial score (nSPS) is 16.0. The minimum Gasteiger partial charge on any atom is -0.299 e. The number of Topliss-reactive ketones (excluding diaryl/α,β-unsaturated/α-hetero) is 1. The molecule has 0 N–H and O–H groups in total. The second-order valence-electron chi connectivity index (χ2n) is 8.33. The van der Waals surface area contributed by atoms with Crippen LogP contribution in [0.25, 0.3) is 0 Å². The van der Waals surface area contributed by atoms with Gasteiger partial charge in [0.1, 0.15) is 5.78 Å². The Kier molecular flexibility index (Phi) is 11.2. The lowest BCUT2D eigenvalue weighted by molar-refractivity contribution is -0.120. The molecule has 0 aromatic carbocycles. The molecule has 26 heavy (non-hydrogen) atoms. The van der Waals surface area contributed by atoms with Crippen LogP contribution in [-0.2, 0) is 4.79 Å². The molecule has 0 radical (unpaired) electrons. The molecule has 1 aliphatic rings. The second-order valence-corrected chi connectivity index (χ2v) is 8.33. The van der Waals surface area contributed by atoms with Gasteiger partial charge in [-0.05, 0) is 92.4 Å². The van der Waals surface area contributed by atoms with E-state index >= 15 is 0 Å². The molecule has 0 unspecified atom stereocenters. The smallest absolute Gasteiger partial charge is 0.136 e. The number of hydrogen-bond donors (Lipinski definition) is 0. The van der Waals surface area contributed by atoms with Gasteiger partial charge in [0.15, 0.2) is 0 Å². The highest BCUT2D eigenvalue weighted by Gasteiger charge is 2.28. The van der Waals surface area contributed by atoms with E-state index in [4.69, 9.17) is 0 Å². The van der Waals surface area contributed by atoms with E-state index in [9.17, 15) is 4.79 Å². The van der Waals surface area contributed by atoms with E-state index in [1.165, 1.54) is 35.1 Å². The van der Waals surface area contributed by atoms with Gasteiger partial charge in [0.25, 0.3) is 0 Å². The summed E-state index contributed by atoms with van der Waals surface area (Å²) >= 11 is 0. The molecule has 0 aromatic rings. The molecule has 0 spiro atoms. The minimum absolute atomic E-state index is 0.416. The van der Waals surface area contributed by atoms with Gasteiger partial charge in [0.2, 0.25) is 0 Å². The predicted octanol–water partition coefficient (Wildman–Crippen LogP) is 7.89. The van der Waals surface area contributed by atoms with E-state index in [0.29, 0.717) is 11.7 Å². The van der Waals surface area contributed by atoms with Crippen LogP contribution < -0.4 is 0 Å². The lowest BCUT2D eigenvalue weighted by Crippen LogP contribution is -1.98. The van der Waals surface area contributed by atoms with Crippen LogP contribution in [0.2, 0.25) is 0 Å². The predicted molar refractivity (Wildman–Crippen MR) is 115 cm³/mol. The zero-order valence-electron chi connectivity index (χ0n) is 17.9. The molecule has 0 amide bonds. The van der Waals surface area contributed by atoms with Gasteiger partial charge in [-0.3, -0.25) is 4.79 Å². The lowest BCUT2D eigenvalue weighted by Gasteiger charge is -2.03. The summed E-state index contributed by atoms with van der Waals surface area (Å²) in [6.45, 7) is 11.0. The van der Waals surface area contributed by atoms with Crippen LogP contribution in [0.1, 0.15) is 98.8 Å². The van der Waals surface area contributed by atoms with Crippen molar-refractivity contribution in [3.05, 3.63) is 46.6 Å². The number of rotatable bonds is 13. The number of ketones is 1. The van der Waals surface area contributed by atoms with Crippen LogP contribution in [0.4, 0.5) is 0 Å². The van der Waals surface area contributed by atoms with Crippen molar-refractivity contribution in [2.24, 2.45) is 5.92 Å². The van der Waals surface area contributed by atoms with Gasteiger partial charge >= 0.3 is 0 Å². The maximum Gasteiger partial charge on any atom is 0.136 e. The Labute approximate surface area is 162 Å². The molecule has 1 heteroatoms. The van der Waals surface area contributed by atoms with Gasteiger partial charge in [0.05, 0.1) is 0 Å². The summed E-state index contributed by atoms with van der Waals surface area (Å²) in [4.78, 5) is 11.7. The molecule has 1 nitrogen and oxygen atoms in total. The summed E-state index contributed by atoms with van der Waals surface area (Å²) in [6, 6.07) is 0.